The van der Waals surface area contributed by atoms with Crippen LogP contribution in [0, 0.1) is 11.8 Å². The highest BCUT2D eigenvalue weighted by Crippen LogP contribution is 2.48. The van der Waals surface area contributed by atoms with Crippen molar-refractivity contribution in [3.63, 3.8) is 0 Å². The molecule has 11 heteroatoms. The second-order valence-corrected chi connectivity index (χ2v) is 11.7. The van der Waals surface area contributed by atoms with E-state index in [9.17, 15) is 9.90 Å². The van der Waals surface area contributed by atoms with Crippen LogP contribution in [0.3, 0.4) is 0 Å². The molecule has 196 valence electrons. The molecule has 0 radical (unpaired) electrons. The average Bonchev–Trinajstić information content (AvgIpc) is 3.16. The van der Waals surface area contributed by atoms with Crippen LogP contribution >= 0.6 is 0 Å². The minimum atomic E-state index is -0.320. The molecule has 6 heterocycles. The molecule has 2 amide bonds. The Bertz CT molecular complexity index is 1340. The third kappa shape index (κ3) is 3.78. The van der Waals surface area contributed by atoms with Crippen LogP contribution in [-0.2, 0) is 6.54 Å². The number of H-pyrrole nitrogens is 1. The highest BCUT2D eigenvalue weighted by atomic mass is 16.3. The zero-order valence-corrected chi connectivity index (χ0v) is 21.4. The number of piperidine rings is 1. The van der Waals surface area contributed by atoms with Crippen molar-refractivity contribution < 1.29 is 9.90 Å². The Morgan fingerprint density at radius 3 is 2.95 bits per heavy atom. The normalized spacial score (nSPS) is 26.1. The lowest BCUT2D eigenvalue weighted by atomic mass is 9.92. The smallest absolute Gasteiger partial charge is 0.322 e. The number of hydrogen-bond acceptors (Lipinski definition) is 7. The summed E-state index contributed by atoms with van der Waals surface area (Å²) in [7, 11) is 0. The van der Waals surface area contributed by atoms with Crippen LogP contribution in [0.5, 0.6) is 0 Å². The first-order valence-electron chi connectivity index (χ1n) is 13.6. The van der Waals surface area contributed by atoms with E-state index in [0.29, 0.717) is 48.6 Å². The highest BCUT2D eigenvalue weighted by Gasteiger charge is 2.53. The first kappa shape index (κ1) is 23.0. The molecular weight excluding hydrogens is 470 g/mol. The summed E-state index contributed by atoms with van der Waals surface area (Å²) in [5, 5.41) is 30.0. The molecule has 3 aromatic rings. The molecule has 3 aliphatic heterocycles. The maximum atomic E-state index is 13.3. The Hall–Kier alpha value is -3.18. The Morgan fingerprint density at radius 1 is 1.30 bits per heavy atom. The number of nitrogens with one attached hydrogen (secondary N) is 3. The van der Waals surface area contributed by atoms with Gasteiger partial charge in [0, 0.05) is 56.4 Å². The van der Waals surface area contributed by atoms with Crippen molar-refractivity contribution in [1.82, 2.24) is 35.2 Å². The molecule has 4 fully saturated rings. The van der Waals surface area contributed by atoms with Crippen molar-refractivity contribution in [3.8, 4) is 11.4 Å². The maximum Gasteiger partial charge on any atom is 0.322 e. The lowest BCUT2D eigenvalue weighted by molar-refractivity contribution is 0.0527. The number of urea groups is 1. The third-order valence-corrected chi connectivity index (χ3v) is 8.65. The molecule has 0 aromatic carbocycles. The number of hydrogen-bond donors (Lipinski definition) is 4. The summed E-state index contributed by atoms with van der Waals surface area (Å²) in [6, 6.07) is 2.42. The monoisotopic (exact) mass is 505 g/mol. The zero-order chi connectivity index (χ0) is 25.3. The number of carbonyl (C=O) groups is 1. The Balaban J connectivity index is 1.19. The second kappa shape index (κ2) is 8.42. The predicted molar refractivity (Wildman–Crippen MR) is 140 cm³/mol. The first-order chi connectivity index (χ1) is 17.9. The Labute approximate surface area is 215 Å². The fraction of sp³-hybridized carbons (Fsp3) is 0.615. The maximum absolute atomic E-state index is 13.3. The van der Waals surface area contributed by atoms with Crippen molar-refractivity contribution in [1.29, 1.82) is 0 Å². The van der Waals surface area contributed by atoms with Gasteiger partial charge in [-0.25, -0.2) is 4.79 Å². The molecule has 4 N–H and O–H groups in total. The number of fused-ring (bicyclic) bond motifs is 2. The summed E-state index contributed by atoms with van der Waals surface area (Å²) in [5.74, 6) is 2.16. The van der Waals surface area contributed by atoms with Gasteiger partial charge in [0.05, 0.1) is 34.6 Å². The lowest BCUT2D eigenvalue weighted by Gasteiger charge is -2.44. The van der Waals surface area contributed by atoms with E-state index in [0.717, 1.165) is 61.4 Å². The van der Waals surface area contributed by atoms with Gasteiger partial charge in [0.25, 0.3) is 0 Å². The molecule has 4 aliphatic rings. The third-order valence-electron chi connectivity index (χ3n) is 8.65. The van der Waals surface area contributed by atoms with E-state index in [-0.39, 0.29) is 17.7 Å². The van der Waals surface area contributed by atoms with Crippen LogP contribution in [0.4, 0.5) is 16.3 Å². The van der Waals surface area contributed by atoms with Crippen LogP contribution in [0.2, 0.25) is 0 Å². The highest BCUT2D eigenvalue weighted by molar-refractivity contribution is 5.96. The molecule has 7 rings (SSSR count). The summed E-state index contributed by atoms with van der Waals surface area (Å²) >= 11 is 0. The fourth-order valence-electron chi connectivity index (χ4n) is 6.51. The van der Waals surface area contributed by atoms with Gasteiger partial charge in [0.2, 0.25) is 0 Å². The number of nitrogens with zero attached hydrogens (tertiary/aromatic N) is 6. The van der Waals surface area contributed by atoms with Gasteiger partial charge in [0.15, 0.2) is 5.82 Å². The van der Waals surface area contributed by atoms with Gasteiger partial charge in [-0.2, -0.15) is 10.2 Å². The zero-order valence-electron chi connectivity index (χ0n) is 21.4. The molecule has 1 aliphatic carbocycles. The number of aliphatic hydroxyl groups excluding tert-OH is 1. The largest absolute Gasteiger partial charge is 0.393 e. The summed E-state index contributed by atoms with van der Waals surface area (Å²) in [6.07, 6.45) is 6.41. The number of likely N-dealkylation sites (tertiary alicyclic amines) is 1. The van der Waals surface area contributed by atoms with Gasteiger partial charge in [-0.15, -0.1) is 0 Å². The summed E-state index contributed by atoms with van der Waals surface area (Å²) in [5.41, 5.74) is 2.86. The number of anilines is 2. The van der Waals surface area contributed by atoms with Gasteiger partial charge in [-0.05, 0) is 37.7 Å². The molecule has 37 heavy (non-hydrogen) atoms. The number of aromatic nitrogens is 5. The SMILES string of the molecule is CC(C)Cn1nc(N2CC3CNCC32)c2cnc(-c3[nH]ncc3NC(=O)N3CCC(O)CC34CC4)cc21. The quantitative estimate of drug-likeness (QED) is 0.419. The standard InChI is InChI=1S/C26H35N9O2/c1-15(2)13-35-21-7-19(28-10-18(21)24(32-35)33-14-16-9-27-12-22(16)33)23-20(11-29-31-23)30-25(37)34-6-3-17(36)8-26(34)4-5-26/h7,10-11,15-17,22,27,36H,3-6,8-9,12-14H2,1-2H3,(H,29,31)(H,30,37). The molecule has 3 aromatic heterocycles. The van der Waals surface area contributed by atoms with Crippen molar-refractivity contribution in [2.75, 3.05) is 36.4 Å². The van der Waals surface area contributed by atoms with Gasteiger partial charge in [0.1, 0.15) is 5.69 Å². The van der Waals surface area contributed by atoms with Gasteiger partial charge < -0.3 is 25.5 Å². The summed E-state index contributed by atoms with van der Waals surface area (Å²) in [4.78, 5) is 22.4. The van der Waals surface area contributed by atoms with E-state index < -0.39 is 0 Å². The number of aliphatic hydroxyl groups is 1. The molecule has 11 nitrogen and oxygen atoms in total. The minimum Gasteiger partial charge on any atom is -0.393 e. The van der Waals surface area contributed by atoms with E-state index >= 15 is 0 Å². The number of rotatable bonds is 5. The van der Waals surface area contributed by atoms with E-state index in [1.807, 2.05) is 11.1 Å². The van der Waals surface area contributed by atoms with Crippen LogP contribution < -0.4 is 15.5 Å². The molecule has 3 saturated heterocycles. The minimum absolute atomic E-state index is 0.141. The number of aromatic amines is 1. The van der Waals surface area contributed by atoms with Crippen LogP contribution in [0.15, 0.2) is 18.5 Å². The average molecular weight is 506 g/mol. The van der Waals surface area contributed by atoms with E-state index in [1.165, 1.54) is 0 Å². The molecule has 3 atom stereocenters. The molecule has 1 saturated carbocycles. The fourth-order valence-corrected chi connectivity index (χ4v) is 6.51. The molecule has 1 spiro atoms. The van der Waals surface area contributed by atoms with E-state index in [1.54, 1.807) is 6.20 Å². The summed E-state index contributed by atoms with van der Waals surface area (Å²) in [6.45, 7) is 8.89. The second-order valence-electron chi connectivity index (χ2n) is 11.7. The number of pyridine rings is 1. The molecule has 3 unspecified atom stereocenters. The van der Waals surface area contributed by atoms with Crippen molar-refractivity contribution in [3.05, 3.63) is 18.5 Å². The topological polar surface area (TPSA) is 127 Å². The Morgan fingerprint density at radius 2 is 2.16 bits per heavy atom. The molecule has 0 bridgehead atoms. The predicted octanol–water partition coefficient (Wildman–Crippen LogP) is 2.41. The van der Waals surface area contributed by atoms with Crippen LogP contribution in [0.1, 0.15) is 39.5 Å². The van der Waals surface area contributed by atoms with Crippen molar-refractivity contribution >= 4 is 28.4 Å². The lowest BCUT2D eigenvalue weighted by Crippen LogP contribution is -2.56. The number of carbonyl (C=O) groups excluding carboxylic acids is 1. The number of amides is 2. The van der Waals surface area contributed by atoms with Gasteiger partial charge in [-0.1, -0.05) is 13.8 Å². The van der Waals surface area contributed by atoms with Crippen LogP contribution in [-0.4, -0.2) is 84.9 Å². The summed E-state index contributed by atoms with van der Waals surface area (Å²) < 4.78 is 2.10. The van der Waals surface area contributed by atoms with Gasteiger partial charge >= 0.3 is 6.03 Å². The van der Waals surface area contributed by atoms with E-state index in [4.69, 9.17) is 10.1 Å². The molecular formula is C26H35N9O2. The van der Waals surface area contributed by atoms with Crippen LogP contribution in [0.25, 0.3) is 22.3 Å². The Kier molecular flexibility index (Phi) is 5.23. The van der Waals surface area contributed by atoms with Crippen molar-refractivity contribution in [2.45, 2.75) is 63.8 Å². The van der Waals surface area contributed by atoms with E-state index in [2.05, 4.69) is 50.3 Å². The first-order valence-corrected chi connectivity index (χ1v) is 13.6. The van der Waals surface area contributed by atoms with Crippen molar-refractivity contribution in [2.24, 2.45) is 11.8 Å². The van der Waals surface area contributed by atoms with Gasteiger partial charge in [-0.3, -0.25) is 14.8 Å².